The third-order valence-electron chi connectivity index (χ3n) is 5.68. The van der Waals surface area contributed by atoms with Crippen LogP contribution in [0.25, 0.3) is 0 Å². The zero-order valence-corrected chi connectivity index (χ0v) is 17.6. The molecule has 0 spiro atoms. The number of likely N-dealkylation sites (tertiary alicyclic amines) is 1. The van der Waals surface area contributed by atoms with Gasteiger partial charge in [0.2, 0.25) is 0 Å². The Balaban J connectivity index is 1.34. The summed E-state index contributed by atoms with van der Waals surface area (Å²) in [5.74, 6) is 0.964. The molecule has 0 radical (unpaired) electrons. The summed E-state index contributed by atoms with van der Waals surface area (Å²) in [5, 5.41) is 13.1. The Kier molecular flexibility index (Phi) is 7.98. The Morgan fingerprint density at radius 1 is 1.18 bits per heavy atom. The summed E-state index contributed by atoms with van der Waals surface area (Å²) in [6.07, 6.45) is 2.94. The van der Waals surface area contributed by atoms with Gasteiger partial charge in [0.15, 0.2) is 5.96 Å². The van der Waals surface area contributed by atoms with Crippen LogP contribution < -0.4 is 10.2 Å². The first kappa shape index (κ1) is 20.9. The number of aliphatic hydroxyl groups is 1. The van der Waals surface area contributed by atoms with Crippen molar-refractivity contribution in [3.8, 4) is 0 Å². The second-order valence-corrected chi connectivity index (χ2v) is 8.00. The molecule has 2 fully saturated rings. The molecule has 0 bridgehead atoms. The molecule has 1 aromatic rings. The van der Waals surface area contributed by atoms with Crippen molar-refractivity contribution in [3.05, 3.63) is 29.8 Å². The van der Waals surface area contributed by atoms with Crippen LogP contribution in [0.4, 0.5) is 5.69 Å². The summed E-state index contributed by atoms with van der Waals surface area (Å²) >= 11 is 0. The van der Waals surface area contributed by atoms with E-state index >= 15 is 0 Å². The molecule has 156 valence electrons. The Morgan fingerprint density at radius 2 is 2.00 bits per heavy atom. The molecule has 0 amide bonds. The molecule has 28 heavy (non-hydrogen) atoms. The molecule has 2 aliphatic heterocycles. The van der Waals surface area contributed by atoms with Gasteiger partial charge in [0, 0.05) is 58.0 Å². The number of benzene rings is 1. The number of guanidine groups is 1. The van der Waals surface area contributed by atoms with Crippen molar-refractivity contribution in [2.45, 2.75) is 39.2 Å². The lowest BCUT2D eigenvalue weighted by atomic mass is 10.2. The summed E-state index contributed by atoms with van der Waals surface area (Å²) in [7, 11) is 0. The molecule has 6 nitrogen and oxygen atoms in total. The number of aliphatic imine (C=N–C) groups is 1. The van der Waals surface area contributed by atoms with E-state index in [2.05, 4.69) is 58.1 Å². The zero-order chi connectivity index (χ0) is 19.8. The first-order chi connectivity index (χ1) is 13.7. The van der Waals surface area contributed by atoms with Crippen molar-refractivity contribution in [3.63, 3.8) is 0 Å². The number of β-amino-alcohol motifs (C(OH)–C–C–N with tert-alkyl or cyclic N) is 1. The maximum atomic E-state index is 9.74. The van der Waals surface area contributed by atoms with Crippen molar-refractivity contribution in [2.24, 2.45) is 4.99 Å². The normalized spacial score (nSPS) is 21.4. The predicted molar refractivity (Wildman–Crippen MR) is 117 cm³/mol. The van der Waals surface area contributed by atoms with Crippen molar-refractivity contribution in [1.82, 2.24) is 15.1 Å². The molecular weight excluding hydrogens is 350 g/mol. The van der Waals surface area contributed by atoms with Gasteiger partial charge < -0.3 is 20.2 Å². The second kappa shape index (κ2) is 10.7. The highest BCUT2D eigenvalue weighted by atomic mass is 16.3. The first-order valence-corrected chi connectivity index (χ1v) is 10.9. The van der Waals surface area contributed by atoms with Gasteiger partial charge in [-0.05, 0) is 57.4 Å². The van der Waals surface area contributed by atoms with Gasteiger partial charge in [-0.3, -0.25) is 9.89 Å². The summed E-state index contributed by atoms with van der Waals surface area (Å²) in [4.78, 5) is 12.0. The van der Waals surface area contributed by atoms with E-state index in [1.54, 1.807) is 0 Å². The number of anilines is 1. The Labute approximate surface area is 170 Å². The van der Waals surface area contributed by atoms with E-state index in [1.807, 2.05) is 0 Å². The van der Waals surface area contributed by atoms with Crippen LogP contribution in [0.1, 0.15) is 31.7 Å². The number of piperazine rings is 1. The summed E-state index contributed by atoms with van der Waals surface area (Å²) in [5.41, 5.74) is 2.69. The van der Waals surface area contributed by atoms with E-state index in [0.717, 1.165) is 71.2 Å². The third kappa shape index (κ3) is 6.11. The number of nitrogens with zero attached hydrogens (tertiary/aromatic N) is 4. The van der Waals surface area contributed by atoms with E-state index in [0.29, 0.717) is 6.54 Å². The fraction of sp³-hybridized carbons (Fsp3) is 0.682. The van der Waals surface area contributed by atoms with E-state index in [9.17, 15) is 5.11 Å². The molecule has 2 saturated heterocycles. The lowest BCUT2D eigenvalue weighted by molar-refractivity contribution is 0.188. The zero-order valence-electron chi connectivity index (χ0n) is 17.6. The molecule has 3 rings (SSSR count). The van der Waals surface area contributed by atoms with Gasteiger partial charge in [-0.1, -0.05) is 12.1 Å². The van der Waals surface area contributed by atoms with Gasteiger partial charge in [0.25, 0.3) is 0 Å². The van der Waals surface area contributed by atoms with Crippen LogP contribution in [-0.4, -0.2) is 85.9 Å². The van der Waals surface area contributed by atoms with Crippen molar-refractivity contribution in [1.29, 1.82) is 0 Å². The van der Waals surface area contributed by atoms with E-state index in [-0.39, 0.29) is 6.10 Å². The van der Waals surface area contributed by atoms with Crippen LogP contribution in [0.2, 0.25) is 0 Å². The number of rotatable bonds is 7. The van der Waals surface area contributed by atoms with Crippen LogP contribution in [-0.2, 0) is 0 Å². The average molecular weight is 388 g/mol. The standard InChI is InChI=1S/C22H37N5O/c1-3-23-22(27-12-9-21(28)18-27)24-10-4-5-11-25-13-15-26(16-14-25)20-8-6-7-19(2)17-20/h6-8,17,21,28H,3-5,9-16,18H2,1-2H3,(H,23,24)/t21-/m1/s1. The minimum Gasteiger partial charge on any atom is -0.391 e. The van der Waals surface area contributed by atoms with Gasteiger partial charge in [-0.15, -0.1) is 0 Å². The summed E-state index contributed by atoms with van der Waals surface area (Å²) in [6.45, 7) is 13.3. The molecule has 1 atom stereocenters. The van der Waals surface area contributed by atoms with Crippen LogP contribution in [0, 0.1) is 6.92 Å². The fourth-order valence-corrected chi connectivity index (χ4v) is 4.05. The molecule has 2 N–H and O–H groups in total. The number of unbranched alkanes of at least 4 members (excludes halogenated alkanes) is 1. The van der Waals surface area contributed by atoms with Gasteiger partial charge in [0.1, 0.15) is 0 Å². The molecule has 0 aliphatic carbocycles. The minimum atomic E-state index is -0.206. The first-order valence-electron chi connectivity index (χ1n) is 10.9. The average Bonchev–Trinajstić information content (AvgIpc) is 3.13. The summed E-state index contributed by atoms with van der Waals surface area (Å²) < 4.78 is 0. The van der Waals surface area contributed by atoms with E-state index < -0.39 is 0 Å². The maximum Gasteiger partial charge on any atom is 0.194 e. The highest BCUT2D eigenvalue weighted by Gasteiger charge is 2.22. The van der Waals surface area contributed by atoms with Crippen LogP contribution >= 0.6 is 0 Å². The van der Waals surface area contributed by atoms with Gasteiger partial charge in [0.05, 0.1) is 6.10 Å². The monoisotopic (exact) mass is 387 g/mol. The lowest BCUT2D eigenvalue weighted by Gasteiger charge is -2.36. The second-order valence-electron chi connectivity index (χ2n) is 8.00. The van der Waals surface area contributed by atoms with Crippen LogP contribution in [0.15, 0.2) is 29.3 Å². The van der Waals surface area contributed by atoms with Crippen molar-refractivity contribution < 1.29 is 5.11 Å². The number of nitrogens with one attached hydrogen (secondary N) is 1. The molecule has 0 aromatic heterocycles. The molecule has 2 heterocycles. The lowest BCUT2D eigenvalue weighted by Crippen LogP contribution is -2.46. The fourth-order valence-electron chi connectivity index (χ4n) is 4.05. The van der Waals surface area contributed by atoms with Crippen molar-refractivity contribution >= 4 is 11.6 Å². The quantitative estimate of drug-likeness (QED) is 0.425. The van der Waals surface area contributed by atoms with Crippen LogP contribution in [0.3, 0.4) is 0 Å². The molecule has 6 heteroatoms. The number of hydrogen-bond acceptors (Lipinski definition) is 4. The van der Waals surface area contributed by atoms with Gasteiger partial charge >= 0.3 is 0 Å². The van der Waals surface area contributed by atoms with Crippen LogP contribution in [0.5, 0.6) is 0 Å². The molecule has 2 aliphatic rings. The van der Waals surface area contributed by atoms with Crippen molar-refractivity contribution in [2.75, 3.05) is 63.8 Å². The van der Waals surface area contributed by atoms with E-state index in [4.69, 9.17) is 4.99 Å². The molecule has 0 unspecified atom stereocenters. The predicted octanol–water partition coefficient (Wildman–Crippen LogP) is 1.93. The number of aryl methyl sites for hydroxylation is 1. The summed E-state index contributed by atoms with van der Waals surface area (Å²) in [6, 6.07) is 8.83. The largest absolute Gasteiger partial charge is 0.391 e. The number of hydrogen-bond donors (Lipinski definition) is 2. The highest BCUT2D eigenvalue weighted by molar-refractivity contribution is 5.80. The Bertz CT molecular complexity index is 627. The Morgan fingerprint density at radius 3 is 2.68 bits per heavy atom. The minimum absolute atomic E-state index is 0.206. The van der Waals surface area contributed by atoms with E-state index in [1.165, 1.54) is 17.7 Å². The SMILES string of the molecule is CCNC(=NCCCCN1CCN(c2cccc(C)c2)CC1)N1CC[C@@H](O)C1. The highest BCUT2D eigenvalue weighted by Crippen LogP contribution is 2.18. The van der Waals surface area contributed by atoms with Gasteiger partial charge in [-0.25, -0.2) is 0 Å². The smallest absolute Gasteiger partial charge is 0.194 e. The molecular formula is C22H37N5O. The number of aliphatic hydroxyl groups excluding tert-OH is 1. The third-order valence-corrected chi connectivity index (χ3v) is 5.68. The maximum absolute atomic E-state index is 9.74. The molecule has 0 saturated carbocycles. The topological polar surface area (TPSA) is 54.3 Å². The Hall–Kier alpha value is -1.79. The van der Waals surface area contributed by atoms with Gasteiger partial charge in [-0.2, -0.15) is 0 Å². The molecule has 1 aromatic carbocycles.